The smallest absolute Gasteiger partial charge is 0.257 e. The molecule has 4 aromatic rings. The number of carbonyl (C=O) groups is 2. The van der Waals surface area contributed by atoms with Gasteiger partial charge >= 0.3 is 0 Å². The molecule has 176 valence electrons. The number of aromatic nitrogens is 2. The first-order valence-electron chi connectivity index (χ1n) is 11.2. The zero-order chi connectivity index (χ0) is 24.6. The number of hydrogen-bond acceptors (Lipinski definition) is 3. The molecule has 7 heteroatoms. The van der Waals surface area contributed by atoms with Gasteiger partial charge in [-0.15, -0.1) is 0 Å². The first kappa shape index (κ1) is 24.0. The van der Waals surface area contributed by atoms with E-state index in [1.807, 2.05) is 91.0 Å². The predicted octanol–water partition coefficient (Wildman–Crippen LogP) is 4.85. The molecule has 1 aromatic heterocycles. The summed E-state index contributed by atoms with van der Waals surface area (Å²) >= 11 is 6.66. The van der Waals surface area contributed by atoms with E-state index in [9.17, 15) is 9.59 Å². The summed E-state index contributed by atoms with van der Waals surface area (Å²) in [7, 11) is 0. The van der Waals surface area contributed by atoms with Gasteiger partial charge in [0.15, 0.2) is 0 Å². The number of amides is 2. The number of carbonyl (C=O) groups excluding carboxylic acids is 2. The van der Waals surface area contributed by atoms with Crippen molar-refractivity contribution in [2.45, 2.75) is 20.0 Å². The number of benzene rings is 3. The Kier molecular flexibility index (Phi) is 7.75. The molecule has 2 amide bonds. The molecule has 0 spiro atoms. The van der Waals surface area contributed by atoms with E-state index in [1.165, 1.54) is 6.08 Å². The van der Waals surface area contributed by atoms with Crippen LogP contribution in [0, 0.1) is 6.92 Å². The number of para-hydroxylation sites is 1. The molecule has 0 fully saturated rings. The zero-order valence-corrected chi connectivity index (χ0v) is 20.0. The summed E-state index contributed by atoms with van der Waals surface area (Å²) in [5, 5.41) is 10.5. The Hall–Kier alpha value is -4.16. The van der Waals surface area contributed by atoms with E-state index in [0.29, 0.717) is 29.5 Å². The number of rotatable bonds is 8. The van der Waals surface area contributed by atoms with Crippen molar-refractivity contribution in [3.05, 3.63) is 124 Å². The highest BCUT2D eigenvalue weighted by Crippen LogP contribution is 2.26. The normalized spacial score (nSPS) is 10.5. The fourth-order valence-corrected chi connectivity index (χ4v) is 3.87. The standard InChI is InChI=1S/C28H25ClN4O2/c1-20-24(26(29)33(32-20)23-15-9-4-10-16-23)17-25(27(34)30-18-21-11-5-2-6-12-21)28(35)31-19-22-13-7-3-8-14-22/h2-17H,18-19H2,1H3,(H,30,34)(H,31,35). The molecule has 0 aliphatic rings. The van der Waals surface area contributed by atoms with Gasteiger partial charge in [0.2, 0.25) is 0 Å². The summed E-state index contributed by atoms with van der Waals surface area (Å²) in [6, 6.07) is 28.5. The average molecular weight is 485 g/mol. The minimum atomic E-state index is -0.498. The maximum absolute atomic E-state index is 13.2. The SMILES string of the molecule is Cc1nn(-c2ccccc2)c(Cl)c1C=C(C(=O)NCc1ccccc1)C(=O)NCc1ccccc1. The Balaban J connectivity index is 1.63. The van der Waals surface area contributed by atoms with Crippen LogP contribution in [-0.2, 0) is 22.7 Å². The van der Waals surface area contributed by atoms with Gasteiger partial charge in [0, 0.05) is 18.7 Å². The maximum Gasteiger partial charge on any atom is 0.257 e. The van der Waals surface area contributed by atoms with Crippen LogP contribution < -0.4 is 10.6 Å². The summed E-state index contributed by atoms with van der Waals surface area (Å²) in [6.07, 6.45) is 1.50. The monoisotopic (exact) mass is 484 g/mol. The zero-order valence-electron chi connectivity index (χ0n) is 19.2. The van der Waals surface area contributed by atoms with Crippen LogP contribution in [0.1, 0.15) is 22.4 Å². The second kappa shape index (κ2) is 11.3. The van der Waals surface area contributed by atoms with E-state index < -0.39 is 11.8 Å². The first-order chi connectivity index (χ1) is 17.0. The lowest BCUT2D eigenvalue weighted by atomic mass is 10.1. The highest BCUT2D eigenvalue weighted by molar-refractivity contribution is 6.32. The molecule has 0 saturated heterocycles. The van der Waals surface area contributed by atoms with Crippen molar-refractivity contribution >= 4 is 29.5 Å². The number of halogens is 1. The Morgan fingerprint density at radius 1 is 0.800 bits per heavy atom. The summed E-state index contributed by atoms with van der Waals surface area (Å²) in [6.45, 7) is 2.37. The van der Waals surface area contributed by atoms with Crippen molar-refractivity contribution in [3.63, 3.8) is 0 Å². The summed E-state index contributed by atoms with van der Waals surface area (Å²) in [5.74, 6) is -0.996. The van der Waals surface area contributed by atoms with Crippen LogP contribution in [0.25, 0.3) is 11.8 Å². The second-order valence-electron chi connectivity index (χ2n) is 7.93. The Morgan fingerprint density at radius 3 is 1.74 bits per heavy atom. The molecule has 0 atom stereocenters. The average Bonchev–Trinajstić information content (AvgIpc) is 3.19. The third-order valence-corrected chi connectivity index (χ3v) is 5.78. The Morgan fingerprint density at radius 2 is 1.26 bits per heavy atom. The third-order valence-electron chi connectivity index (χ3n) is 5.42. The lowest BCUT2D eigenvalue weighted by Gasteiger charge is -2.11. The van der Waals surface area contributed by atoms with Crippen LogP contribution >= 0.6 is 11.6 Å². The minimum Gasteiger partial charge on any atom is -0.348 e. The van der Waals surface area contributed by atoms with Crippen LogP contribution in [0.5, 0.6) is 0 Å². The quantitative estimate of drug-likeness (QED) is 0.213. The third kappa shape index (κ3) is 6.05. The van der Waals surface area contributed by atoms with Gasteiger partial charge in [-0.25, -0.2) is 4.68 Å². The van der Waals surface area contributed by atoms with Crippen molar-refractivity contribution in [2.75, 3.05) is 0 Å². The van der Waals surface area contributed by atoms with E-state index in [4.69, 9.17) is 11.6 Å². The fraction of sp³-hybridized carbons (Fsp3) is 0.107. The van der Waals surface area contributed by atoms with Gasteiger partial charge in [-0.05, 0) is 36.3 Å². The summed E-state index contributed by atoms with van der Waals surface area (Å²) in [4.78, 5) is 26.3. The topological polar surface area (TPSA) is 76.0 Å². The molecule has 0 aliphatic carbocycles. The maximum atomic E-state index is 13.2. The molecule has 0 aliphatic heterocycles. The highest BCUT2D eigenvalue weighted by atomic mass is 35.5. The van der Waals surface area contributed by atoms with E-state index in [-0.39, 0.29) is 5.57 Å². The van der Waals surface area contributed by atoms with Crippen LogP contribution in [0.4, 0.5) is 0 Å². The first-order valence-corrected chi connectivity index (χ1v) is 11.6. The van der Waals surface area contributed by atoms with Crippen molar-refractivity contribution in [1.82, 2.24) is 20.4 Å². The van der Waals surface area contributed by atoms with Crippen LogP contribution in [0.3, 0.4) is 0 Å². The molecular weight excluding hydrogens is 460 g/mol. The van der Waals surface area contributed by atoms with Gasteiger partial charge in [-0.1, -0.05) is 90.5 Å². The van der Waals surface area contributed by atoms with Gasteiger partial charge in [0.25, 0.3) is 11.8 Å². The molecule has 0 saturated carbocycles. The molecule has 6 nitrogen and oxygen atoms in total. The molecule has 2 N–H and O–H groups in total. The Bertz CT molecular complexity index is 1280. The fourth-order valence-electron chi connectivity index (χ4n) is 3.54. The molecule has 3 aromatic carbocycles. The molecule has 0 bridgehead atoms. The van der Waals surface area contributed by atoms with E-state index in [0.717, 1.165) is 16.8 Å². The predicted molar refractivity (Wildman–Crippen MR) is 138 cm³/mol. The van der Waals surface area contributed by atoms with Gasteiger partial charge in [-0.2, -0.15) is 5.10 Å². The molecule has 4 rings (SSSR count). The van der Waals surface area contributed by atoms with Gasteiger partial charge in [0.1, 0.15) is 10.7 Å². The van der Waals surface area contributed by atoms with Gasteiger partial charge in [0.05, 0.1) is 11.4 Å². The molecule has 1 heterocycles. The lowest BCUT2D eigenvalue weighted by molar-refractivity contribution is -0.123. The van der Waals surface area contributed by atoms with Crippen LogP contribution in [0.2, 0.25) is 5.15 Å². The van der Waals surface area contributed by atoms with Crippen LogP contribution in [0.15, 0.2) is 96.6 Å². The molecule has 0 unspecified atom stereocenters. The number of nitrogens with zero attached hydrogens (tertiary/aromatic N) is 2. The van der Waals surface area contributed by atoms with Crippen molar-refractivity contribution in [1.29, 1.82) is 0 Å². The van der Waals surface area contributed by atoms with Crippen LogP contribution in [-0.4, -0.2) is 21.6 Å². The Labute approximate surface area is 209 Å². The lowest BCUT2D eigenvalue weighted by Crippen LogP contribution is -2.34. The van der Waals surface area contributed by atoms with E-state index in [2.05, 4.69) is 15.7 Å². The van der Waals surface area contributed by atoms with E-state index in [1.54, 1.807) is 11.6 Å². The molecule has 35 heavy (non-hydrogen) atoms. The van der Waals surface area contributed by atoms with E-state index >= 15 is 0 Å². The highest BCUT2D eigenvalue weighted by Gasteiger charge is 2.21. The number of hydrogen-bond donors (Lipinski definition) is 2. The number of aryl methyl sites for hydroxylation is 1. The van der Waals surface area contributed by atoms with Gasteiger partial charge in [-0.3, -0.25) is 9.59 Å². The van der Waals surface area contributed by atoms with Crippen molar-refractivity contribution in [3.8, 4) is 5.69 Å². The molecule has 0 radical (unpaired) electrons. The summed E-state index contributed by atoms with van der Waals surface area (Å²) < 4.78 is 1.59. The summed E-state index contributed by atoms with van der Waals surface area (Å²) in [5.41, 5.74) is 3.70. The minimum absolute atomic E-state index is 0.0468. The van der Waals surface area contributed by atoms with Crippen molar-refractivity contribution in [2.24, 2.45) is 0 Å². The van der Waals surface area contributed by atoms with Crippen molar-refractivity contribution < 1.29 is 9.59 Å². The molecular formula is C28H25ClN4O2. The van der Waals surface area contributed by atoms with Gasteiger partial charge < -0.3 is 10.6 Å². The second-order valence-corrected chi connectivity index (χ2v) is 8.29. The largest absolute Gasteiger partial charge is 0.348 e. The number of nitrogens with one attached hydrogen (secondary N) is 2.